The number of carbonyl (C=O) groups excluding carboxylic acids is 2. The van der Waals surface area contributed by atoms with Crippen LogP contribution in [-0.2, 0) is 4.79 Å². The zero-order chi connectivity index (χ0) is 19.4. The molecule has 0 spiro atoms. The summed E-state index contributed by atoms with van der Waals surface area (Å²) in [6.45, 7) is 6.71. The second-order valence-corrected chi connectivity index (χ2v) is 7.62. The van der Waals surface area contributed by atoms with Gasteiger partial charge in [-0.2, -0.15) is 0 Å². The van der Waals surface area contributed by atoms with Gasteiger partial charge in [-0.05, 0) is 56.2 Å². The maximum absolute atomic E-state index is 12.5. The minimum absolute atomic E-state index is 0.0837. The third-order valence-corrected chi connectivity index (χ3v) is 5.53. The van der Waals surface area contributed by atoms with Crippen molar-refractivity contribution >= 4 is 23.2 Å². The fourth-order valence-corrected chi connectivity index (χ4v) is 3.52. The van der Waals surface area contributed by atoms with Crippen molar-refractivity contribution in [3.8, 4) is 21.9 Å². The Bertz CT molecular complexity index is 833. The molecular weight excluding hydrogens is 364 g/mol. The molecule has 3 rings (SSSR count). The number of thiophene rings is 1. The highest BCUT2D eigenvalue weighted by Gasteiger charge is 2.19. The Balaban J connectivity index is 1.66. The van der Waals surface area contributed by atoms with E-state index < -0.39 is 6.04 Å². The average molecular weight is 388 g/mol. The summed E-state index contributed by atoms with van der Waals surface area (Å²) in [7, 11) is 0. The van der Waals surface area contributed by atoms with Gasteiger partial charge in [0, 0.05) is 10.9 Å². The number of benzene rings is 1. The van der Waals surface area contributed by atoms with E-state index in [4.69, 9.17) is 9.47 Å². The molecule has 0 radical (unpaired) electrons. The first-order chi connectivity index (χ1) is 13.0. The van der Waals surface area contributed by atoms with Crippen molar-refractivity contribution in [3.63, 3.8) is 0 Å². The topological polar surface area (TPSA) is 76.7 Å². The summed E-state index contributed by atoms with van der Waals surface area (Å²) in [4.78, 5) is 26.1. The molecule has 0 saturated heterocycles. The minimum Gasteiger partial charge on any atom is -0.486 e. The molecule has 0 bridgehead atoms. The number of rotatable bonds is 6. The number of hydrogen-bond donors (Lipinski definition) is 2. The predicted octanol–water partition coefficient (Wildman–Crippen LogP) is 3.22. The first-order valence-corrected chi connectivity index (χ1v) is 9.90. The van der Waals surface area contributed by atoms with Crippen LogP contribution in [0.1, 0.15) is 36.9 Å². The van der Waals surface area contributed by atoms with Crippen molar-refractivity contribution in [2.24, 2.45) is 0 Å². The maximum atomic E-state index is 12.5. The lowest BCUT2D eigenvalue weighted by molar-refractivity contribution is -0.123. The molecule has 1 aromatic carbocycles. The van der Waals surface area contributed by atoms with Crippen LogP contribution < -0.4 is 20.1 Å². The van der Waals surface area contributed by atoms with Crippen molar-refractivity contribution < 1.29 is 19.1 Å². The third kappa shape index (κ3) is 4.60. The summed E-state index contributed by atoms with van der Waals surface area (Å²) >= 11 is 1.38. The lowest BCUT2D eigenvalue weighted by Crippen LogP contribution is -2.47. The van der Waals surface area contributed by atoms with Gasteiger partial charge < -0.3 is 20.1 Å². The average Bonchev–Trinajstić information content (AvgIpc) is 3.17. The molecule has 0 aliphatic carbocycles. The van der Waals surface area contributed by atoms with Gasteiger partial charge in [-0.1, -0.05) is 6.92 Å². The molecule has 6 nitrogen and oxygen atoms in total. The monoisotopic (exact) mass is 388 g/mol. The van der Waals surface area contributed by atoms with Crippen molar-refractivity contribution in [1.29, 1.82) is 0 Å². The first-order valence-electron chi connectivity index (χ1n) is 9.09. The summed E-state index contributed by atoms with van der Waals surface area (Å²) in [5, 5.41) is 5.63. The van der Waals surface area contributed by atoms with Crippen molar-refractivity contribution in [2.75, 3.05) is 13.2 Å². The molecule has 27 heavy (non-hydrogen) atoms. The smallest absolute Gasteiger partial charge is 0.262 e. The lowest BCUT2D eigenvalue weighted by Gasteiger charge is -2.18. The van der Waals surface area contributed by atoms with Crippen molar-refractivity contribution in [3.05, 3.63) is 35.2 Å². The molecule has 2 N–H and O–H groups in total. The molecule has 144 valence electrons. The molecule has 7 heteroatoms. The van der Waals surface area contributed by atoms with E-state index >= 15 is 0 Å². The van der Waals surface area contributed by atoms with Gasteiger partial charge in [0.15, 0.2) is 11.5 Å². The molecule has 2 heterocycles. The Morgan fingerprint density at radius 3 is 2.56 bits per heavy atom. The van der Waals surface area contributed by atoms with Gasteiger partial charge in [-0.25, -0.2) is 0 Å². The molecule has 0 fully saturated rings. The number of fused-ring (bicyclic) bond motifs is 1. The van der Waals surface area contributed by atoms with Crippen LogP contribution >= 0.6 is 11.3 Å². The fourth-order valence-electron chi connectivity index (χ4n) is 2.61. The van der Waals surface area contributed by atoms with Crippen LogP contribution in [0.5, 0.6) is 11.5 Å². The minimum atomic E-state index is -0.591. The fraction of sp³-hybridized carbons (Fsp3) is 0.400. The van der Waals surface area contributed by atoms with Gasteiger partial charge in [-0.3, -0.25) is 9.59 Å². The Morgan fingerprint density at radius 1 is 1.07 bits per heavy atom. The van der Waals surface area contributed by atoms with Crippen molar-refractivity contribution in [2.45, 2.75) is 39.3 Å². The predicted molar refractivity (Wildman–Crippen MR) is 106 cm³/mol. The number of amides is 2. The zero-order valence-corrected chi connectivity index (χ0v) is 16.5. The van der Waals surface area contributed by atoms with Crippen LogP contribution in [0.2, 0.25) is 0 Å². The van der Waals surface area contributed by atoms with Crippen LogP contribution in [0.4, 0.5) is 0 Å². The molecule has 1 aromatic heterocycles. The zero-order valence-electron chi connectivity index (χ0n) is 15.7. The van der Waals surface area contributed by atoms with Crippen LogP contribution in [0.15, 0.2) is 30.3 Å². The van der Waals surface area contributed by atoms with E-state index in [1.807, 2.05) is 38.1 Å². The van der Waals surface area contributed by atoms with E-state index in [0.29, 0.717) is 23.8 Å². The Kier molecular flexibility index (Phi) is 6.01. The molecule has 2 unspecified atom stereocenters. The molecular formula is C20H24N2O4S. The van der Waals surface area contributed by atoms with Crippen molar-refractivity contribution in [1.82, 2.24) is 10.6 Å². The summed E-state index contributed by atoms with van der Waals surface area (Å²) in [6.07, 6.45) is 0.843. The highest BCUT2D eigenvalue weighted by molar-refractivity contribution is 7.17. The first kappa shape index (κ1) is 19.2. The van der Waals surface area contributed by atoms with Gasteiger partial charge in [0.1, 0.15) is 19.3 Å². The standard InChI is InChI=1S/C20H24N2O4S/c1-4-12(2)21-19(23)13(3)22-20(24)18-8-7-17(27-18)14-5-6-15-16(11-14)26-10-9-25-15/h5-8,11-13H,4,9-10H2,1-3H3,(H,21,23)(H,22,24). The highest BCUT2D eigenvalue weighted by atomic mass is 32.1. The second kappa shape index (κ2) is 8.43. The molecule has 2 amide bonds. The van der Waals surface area contributed by atoms with Crippen LogP contribution in [0.3, 0.4) is 0 Å². The highest BCUT2D eigenvalue weighted by Crippen LogP contribution is 2.36. The number of hydrogen-bond acceptors (Lipinski definition) is 5. The van der Waals surface area contributed by atoms with E-state index in [1.165, 1.54) is 11.3 Å². The molecule has 1 aliphatic heterocycles. The number of nitrogens with one attached hydrogen (secondary N) is 2. The molecule has 1 aliphatic rings. The Labute approximate surface area is 162 Å². The van der Waals surface area contributed by atoms with Crippen LogP contribution in [-0.4, -0.2) is 37.1 Å². The maximum Gasteiger partial charge on any atom is 0.262 e. The summed E-state index contributed by atoms with van der Waals surface area (Å²) in [6, 6.07) is 8.91. The SMILES string of the molecule is CCC(C)NC(=O)C(C)NC(=O)c1ccc(-c2ccc3c(c2)OCCO3)s1. The van der Waals surface area contributed by atoms with E-state index in [-0.39, 0.29) is 17.9 Å². The van der Waals surface area contributed by atoms with E-state index in [0.717, 1.165) is 22.6 Å². The van der Waals surface area contributed by atoms with E-state index in [1.54, 1.807) is 13.0 Å². The second-order valence-electron chi connectivity index (χ2n) is 6.54. The van der Waals surface area contributed by atoms with E-state index in [9.17, 15) is 9.59 Å². The van der Waals surface area contributed by atoms with Gasteiger partial charge in [0.2, 0.25) is 5.91 Å². The molecule has 2 aromatic rings. The van der Waals surface area contributed by atoms with E-state index in [2.05, 4.69) is 10.6 Å². The lowest BCUT2D eigenvalue weighted by atomic mass is 10.1. The van der Waals surface area contributed by atoms with Crippen LogP contribution in [0.25, 0.3) is 10.4 Å². The van der Waals surface area contributed by atoms with Gasteiger partial charge >= 0.3 is 0 Å². The summed E-state index contributed by atoms with van der Waals surface area (Å²) < 4.78 is 11.2. The largest absolute Gasteiger partial charge is 0.486 e. The van der Waals surface area contributed by atoms with Gasteiger partial charge in [0.05, 0.1) is 4.88 Å². The summed E-state index contributed by atoms with van der Waals surface area (Å²) in [5.41, 5.74) is 0.964. The number of ether oxygens (including phenoxy) is 2. The third-order valence-electron chi connectivity index (χ3n) is 4.40. The normalized spacial score (nSPS) is 14.9. The Morgan fingerprint density at radius 2 is 1.81 bits per heavy atom. The summed E-state index contributed by atoms with van der Waals surface area (Å²) in [5.74, 6) is 1.02. The van der Waals surface area contributed by atoms with Gasteiger partial charge in [0.25, 0.3) is 5.91 Å². The number of carbonyl (C=O) groups is 2. The Hall–Kier alpha value is -2.54. The van der Waals surface area contributed by atoms with Gasteiger partial charge in [-0.15, -0.1) is 11.3 Å². The molecule has 2 atom stereocenters. The quantitative estimate of drug-likeness (QED) is 0.797. The van der Waals surface area contributed by atoms with Crippen LogP contribution in [0, 0.1) is 0 Å². The molecule has 0 saturated carbocycles.